The average molecular weight is 376 g/mol. The number of fused-ring (bicyclic) bond motifs is 1. The number of hydrogen-bond acceptors (Lipinski definition) is 5. The number of benzene rings is 2. The third-order valence-corrected chi connectivity index (χ3v) is 4.29. The summed E-state index contributed by atoms with van der Waals surface area (Å²) in [5, 5.41) is 27.6. The van der Waals surface area contributed by atoms with Crippen LogP contribution in [0.25, 0.3) is 10.9 Å². The fourth-order valence-corrected chi connectivity index (χ4v) is 2.91. The van der Waals surface area contributed by atoms with Crippen molar-refractivity contribution in [3.8, 4) is 17.7 Å². The Bertz CT molecular complexity index is 1060. The number of unbranched alkanes of at least 4 members (excludes halogenated alkanes) is 1. The molecular weight excluding hydrogens is 356 g/mol. The number of hydrogen-bond donors (Lipinski definition) is 1. The number of amides is 1. The van der Waals surface area contributed by atoms with E-state index in [0.29, 0.717) is 30.5 Å². The van der Waals surface area contributed by atoms with Gasteiger partial charge in [-0.1, -0.05) is 36.4 Å². The van der Waals surface area contributed by atoms with Crippen molar-refractivity contribution in [2.75, 3.05) is 6.61 Å². The lowest BCUT2D eigenvalue weighted by atomic mass is 10.2. The average Bonchev–Trinajstić information content (AvgIpc) is 2.97. The molecule has 0 radical (unpaired) electrons. The van der Waals surface area contributed by atoms with Crippen LogP contribution in [0.2, 0.25) is 0 Å². The monoisotopic (exact) mass is 376 g/mol. The van der Waals surface area contributed by atoms with Crippen LogP contribution in [0.5, 0.6) is 11.6 Å². The fourth-order valence-electron chi connectivity index (χ4n) is 2.91. The maximum Gasteiger partial charge on any atom is 0.302 e. The van der Waals surface area contributed by atoms with Crippen LogP contribution in [-0.2, 0) is 11.3 Å². The lowest BCUT2D eigenvalue weighted by Gasteiger charge is -2.05. The Morgan fingerprint density at radius 2 is 1.96 bits per heavy atom. The maximum atomic E-state index is 12.1. The number of nitriles is 1. The van der Waals surface area contributed by atoms with Crippen LogP contribution in [0, 0.1) is 18.3 Å². The number of para-hydroxylation sites is 2. The van der Waals surface area contributed by atoms with Gasteiger partial charge in [-0.25, -0.2) is 0 Å². The number of nitrogens with zero attached hydrogens (tertiary/aromatic N) is 4. The van der Waals surface area contributed by atoms with Gasteiger partial charge in [0.15, 0.2) is 12.3 Å². The van der Waals surface area contributed by atoms with Gasteiger partial charge in [0.2, 0.25) is 5.88 Å². The summed E-state index contributed by atoms with van der Waals surface area (Å²) >= 11 is 0. The Balaban J connectivity index is 1.77. The van der Waals surface area contributed by atoms with E-state index in [0.717, 1.165) is 11.1 Å². The molecule has 142 valence electrons. The van der Waals surface area contributed by atoms with Crippen LogP contribution in [0.3, 0.4) is 0 Å². The molecule has 0 saturated carbocycles. The SMILES string of the molecule is Cc1ccccc1OCC(=O)N=Nc1c(O)n(CCCC#N)c2ccccc12. The largest absolute Gasteiger partial charge is 0.493 e. The van der Waals surface area contributed by atoms with Crippen LogP contribution in [0.1, 0.15) is 18.4 Å². The molecule has 0 aliphatic rings. The normalized spacial score (nSPS) is 11.0. The van der Waals surface area contributed by atoms with Gasteiger partial charge in [0, 0.05) is 18.4 Å². The zero-order valence-electron chi connectivity index (χ0n) is 15.5. The van der Waals surface area contributed by atoms with E-state index in [2.05, 4.69) is 16.3 Å². The number of carbonyl (C=O) groups is 1. The highest BCUT2D eigenvalue weighted by molar-refractivity contribution is 5.95. The molecule has 3 rings (SSSR count). The van der Waals surface area contributed by atoms with Gasteiger partial charge in [-0.2, -0.15) is 5.26 Å². The highest BCUT2D eigenvalue weighted by Crippen LogP contribution is 2.39. The molecule has 1 aromatic heterocycles. The number of ether oxygens (including phenoxy) is 1. The van der Waals surface area contributed by atoms with E-state index in [-0.39, 0.29) is 18.2 Å². The summed E-state index contributed by atoms with van der Waals surface area (Å²) in [5.41, 5.74) is 1.93. The Kier molecular flexibility index (Phi) is 6.02. The number of carbonyl (C=O) groups excluding carboxylic acids is 1. The first-order valence-electron chi connectivity index (χ1n) is 8.92. The lowest BCUT2D eigenvalue weighted by Crippen LogP contribution is -2.08. The van der Waals surface area contributed by atoms with E-state index < -0.39 is 5.91 Å². The molecule has 2 aromatic carbocycles. The summed E-state index contributed by atoms with van der Waals surface area (Å²) in [6.45, 7) is 2.12. The van der Waals surface area contributed by atoms with Gasteiger partial charge in [0.05, 0.1) is 11.6 Å². The molecule has 0 aliphatic carbocycles. The standard InChI is InChI=1S/C21H20N4O3/c1-15-8-2-5-11-18(15)28-14-19(26)23-24-20-16-9-3-4-10-17(16)25(21(20)27)13-7-6-12-22/h2-5,8-11,27H,6-7,13-14H2,1H3. The second-order valence-electron chi connectivity index (χ2n) is 6.25. The van der Waals surface area contributed by atoms with E-state index >= 15 is 0 Å². The molecule has 7 nitrogen and oxygen atoms in total. The van der Waals surface area contributed by atoms with Crippen molar-refractivity contribution in [2.45, 2.75) is 26.3 Å². The summed E-state index contributed by atoms with van der Waals surface area (Å²) in [4.78, 5) is 12.1. The smallest absolute Gasteiger partial charge is 0.302 e. The quantitative estimate of drug-likeness (QED) is 0.479. The second-order valence-corrected chi connectivity index (χ2v) is 6.25. The zero-order valence-corrected chi connectivity index (χ0v) is 15.5. The van der Waals surface area contributed by atoms with E-state index in [1.54, 1.807) is 16.7 Å². The van der Waals surface area contributed by atoms with Gasteiger partial charge in [-0.05, 0) is 31.0 Å². The molecular formula is C21H20N4O3. The molecule has 7 heteroatoms. The topological polar surface area (TPSA) is 100.0 Å². The van der Waals surface area contributed by atoms with E-state index in [9.17, 15) is 9.90 Å². The summed E-state index contributed by atoms with van der Waals surface area (Å²) in [6.07, 6.45) is 0.986. The van der Waals surface area contributed by atoms with Crippen molar-refractivity contribution in [1.82, 2.24) is 4.57 Å². The van der Waals surface area contributed by atoms with Crippen molar-refractivity contribution in [1.29, 1.82) is 5.26 Å². The minimum Gasteiger partial charge on any atom is -0.493 e. The third-order valence-electron chi connectivity index (χ3n) is 4.29. The Hall–Kier alpha value is -3.66. The predicted octanol–water partition coefficient (Wildman–Crippen LogP) is 4.65. The van der Waals surface area contributed by atoms with Gasteiger partial charge in [-0.3, -0.25) is 4.79 Å². The third kappa shape index (κ3) is 4.18. The van der Waals surface area contributed by atoms with Crippen molar-refractivity contribution in [3.63, 3.8) is 0 Å². The Morgan fingerprint density at radius 3 is 2.75 bits per heavy atom. The van der Waals surface area contributed by atoms with Gasteiger partial charge in [0.1, 0.15) is 5.75 Å². The molecule has 1 heterocycles. The molecule has 1 amide bonds. The second kappa shape index (κ2) is 8.82. The highest BCUT2D eigenvalue weighted by Gasteiger charge is 2.16. The van der Waals surface area contributed by atoms with E-state index in [1.807, 2.05) is 43.3 Å². The number of aryl methyl sites for hydroxylation is 2. The molecule has 28 heavy (non-hydrogen) atoms. The minimum absolute atomic E-state index is 0.0736. The van der Waals surface area contributed by atoms with Crippen molar-refractivity contribution < 1.29 is 14.6 Å². The summed E-state index contributed by atoms with van der Waals surface area (Å²) in [5.74, 6) is -0.0116. The summed E-state index contributed by atoms with van der Waals surface area (Å²) < 4.78 is 7.15. The molecule has 0 fully saturated rings. The van der Waals surface area contributed by atoms with Gasteiger partial charge in [0.25, 0.3) is 0 Å². The summed E-state index contributed by atoms with van der Waals surface area (Å²) in [7, 11) is 0. The molecule has 0 unspecified atom stereocenters. The van der Waals surface area contributed by atoms with Gasteiger partial charge >= 0.3 is 5.91 Å². The van der Waals surface area contributed by atoms with E-state index in [1.165, 1.54) is 0 Å². The van der Waals surface area contributed by atoms with Crippen molar-refractivity contribution in [3.05, 3.63) is 54.1 Å². The first-order valence-corrected chi connectivity index (χ1v) is 8.92. The van der Waals surface area contributed by atoms with Crippen LogP contribution < -0.4 is 4.74 Å². The maximum absolute atomic E-state index is 12.1. The van der Waals surface area contributed by atoms with Gasteiger partial charge in [-0.15, -0.1) is 10.2 Å². The Morgan fingerprint density at radius 1 is 1.21 bits per heavy atom. The number of aromatic nitrogens is 1. The predicted molar refractivity (Wildman–Crippen MR) is 105 cm³/mol. The molecule has 0 spiro atoms. The molecule has 1 N–H and O–H groups in total. The highest BCUT2D eigenvalue weighted by atomic mass is 16.5. The molecule has 3 aromatic rings. The van der Waals surface area contributed by atoms with Crippen LogP contribution in [-0.4, -0.2) is 22.2 Å². The minimum atomic E-state index is -0.552. The van der Waals surface area contributed by atoms with Crippen LogP contribution >= 0.6 is 0 Å². The lowest BCUT2D eigenvalue weighted by molar-refractivity contribution is -0.120. The summed E-state index contributed by atoms with van der Waals surface area (Å²) in [6, 6.07) is 16.8. The molecule has 0 aliphatic heterocycles. The van der Waals surface area contributed by atoms with Crippen LogP contribution in [0.15, 0.2) is 58.8 Å². The van der Waals surface area contributed by atoms with Gasteiger partial charge < -0.3 is 14.4 Å². The van der Waals surface area contributed by atoms with E-state index in [4.69, 9.17) is 10.00 Å². The molecule has 0 atom stereocenters. The Labute approximate surface area is 162 Å². The van der Waals surface area contributed by atoms with Crippen molar-refractivity contribution in [2.24, 2.45) is 10.2 Å². The molecule has 0 saturated heterocycles. The first-order chi connectivity index (χ1) is 13.6. The number of aromatic hydroxyl groups is 1. The fraction of sp³-hybridized carbons (Fsp3) is 0.238. The zero-order chi connectivity index (χ0) is 19.9. The number of azo groups is 1. The first kappa shape index (κ1) is 19.1. The van der Waals surface area contributed by atoms with Crippen molar-refractivity contribution >= 4 is 22.5 Å². The van der Waals surface area contributed by atoms with Crippen LogP contribution in [0.4, 0.5) is 5.69 Å². The molecule has 0 bridgehead atoms. The number of rotatable bonds is 7.